The summed E-state index contributed by atoms with van der Waals surface area (Å²) in [5.74, 6) is 0.324. The molecule has 1 heterocycles. The van der Waals surface area contributed by atoms with Crippen molar-refractivity contribution in [3.63, 3.8) is 0 Å². The lowest BCUT2D eigenvalue weighted by molar-refractivity contribution is -0.138. The summed E-state index contributed by atoms with van der Waals surface area (Å²) in [5.41, 5.74) is -0.577. The van der Waals surface area contributed by atoms with E-state index in [1.165, 1.54) is 18.6 Å². The highest BCUT2D eigenvalue weighted by Crippen LogP contribution is 2.40. The van der Waals surface area contributed by atoms with E-state index in [4.69, 9.17) is 0 Å². The minimum absolute atomic E-state index is 0.000633. The Morgan fingerprint density at radius 1 is 1.28 bits per heavy atom. The third-order valence-electron chi connectivity index (χ3n) is 5.17. The van der Waals surface area contributed by atoms with Crippen LogP contribution in [0.2, 0.25) is 0 Å². The minimum atomic E-state index is -4.46. The smallest absolute Gasteiger partial charge is 0.392 e. The maximum atomic E-state index is 13.3. The van der Waals surface area contributed by atoms with Crippen LogP contribution in [0, 0.1) is 5.92 Å². The monoisotopic (exact) mass is 356 g/mol. The second-order valence-corrected chi connectivity index (χ2v) is 7.02. The first-order valence-electron chi connectivity index (χ1n) is 8.69. The number of benzene rings is 1. The van der Waals surface area contributed by atoms with Gasteiger partial charge in [0.1, 0.15) is 0 Å². The van der Waals surface area contributed by atoms with Crippen LogP contribution in [0.1, 0.15) is 42.9 Å². The molecule has 3 rings (SSSR count). The third kappa shape index (κ3) is 4.33. The summed E-state index contributed by atoms with van der Waals surface area (Å²) in [5, 5.41) is 12.8. The molecule has 2 fully saturated rings. The van der Waals surface area contributed by atoms with E-state index >= 15 is 0 Å². The standard InChI is InChI=1S/C18H23F3N2O2/c19-18(20,21)15-7-2-1-6-14(15)16-8-13(24)10-23(16)11-17(25)22-9-12-4-3-5-12/h1-2,6-7,12-13,16,24H,3-5,8-11H2,(H,22,25)/t13-,16+/m0/s1. The van der Waals surface area contributed by atoms with Gasteiger partial charge in [-0.1, -0.05) is 24.6 Å². The van der Waals surface area contributed by atoms with Gasteiger partial charge in [0.15, 0.2) is 0 Å². The van der Waals surface area contributed by atoms with Crippen LogP contribution in [0.4, 0.5) is 13.2 Å². The molecule has 25 heavy (non-hydrogen) atoms. The van der Waals surface area contributed by atoms with Crippen molar-refractivity contribution in [3.05, 3.63) is 35.4 Å². The van der Waals surface area contributed by atoms with E-state index in [0.717, 1.165) is 18.9 Å². The van der Waals surface area contributed by atoms with Crippen LogP contribution in [-0.4, -0.2) is 41.7 Å². The number of carbonyl (C=O) groups excluding carboxylic acids is 1. The third-order valence-corrected chi connectivity index (χ3v) is 5.17. The Morgan fingerprint density at radius 3 is 2.64 bits per heavy atom. The number of aliphatic hydroxyl groups excluding tert-OH is 1. The second-order valence-electron chi connectivity index (χ2n) is 7.02. The molecule has 138 valence electrons. The molecule has 0 bridgehead atoms. The number of hydrogen-bond donors (Lipinski definition) is 2. The molecule has 7 heteroatoms. The molecule has 0 unspecified atom stereocenters. The highest BCUT2D eigenvalue weighted by Gasteiger charge is 2.40. The number of aliphatic hydroxyl groups is 1. The van der Waals surface area contributed by atoms with Crippen molar-refractivity contribution >= 4 is 5.91 Å². The van der Waals surface area contributed by atoms with Gasteiger partial charge in [0, 0.05) is 19.1 Å². The quantitative estimate of drug-likeness (QED) is 0.853. The van der Waals surface area contributed by atoms with Crippen molar-refractivity contribution in [2.45, 2.75) is 44.0 Å². The Bertz CT molecular complexity index is 617. The normalized spacial score (nSPS) is 25.0. The summed E-state index contributed by atoms with van der Waals surface area (Å²) in [6, 6.07) is 4.79. The Hall–Kier alpha value is -1.60. The Kier molecular flexibility index (Phi) is 5.34. The number of amides is 1. The minimum Gasteiger partial charge on any atom is -0.392 e. The van der Waals surface area contributed by atoms with Gasteiger partial charge in [0.25, 0.3) is 0 Å². The van der Waals surface area contributed by atoms with E-state index in [2.05, 4.69) is 5.32 Å². The van der Waals surface area contributed by atoms with Crippen LogP contribution in [0.25, 0.3) is 0 Å². The number of nitrogens with one attached hydrogen (secondary N) is 1. The second kappa shape index (κ2) is 7.33. The molecule has 2 atom stereocenters. The van der Waals surface area contributed by atoms with E-state index in [0.29, 0.717) is 12.5 Å². The van der Waals surface area contributed by atoms with E-state index in [-0.39, 0.29) is 31.0 Å². The van der Waals surface area contributed by atoms with Gasteiger partial charge in [-0.25, -0.2) is 0 Å². The van der Waals surface area contributed by atoms with Gasteiger partial charge >= 0.3 is 6.18 Å². The Morgan fingerprint density at radius 2 is 2.00 bits per heavy atom. The summed E-state index contributed by atoms with van der Waals surface area (Å²) in [6.07, 6.45) is -1.57. The number of alkyl halides is 3. The number of likely N-dealkylation sites (tertiary alicyclic amines) is 1. The van der Waals surface area contributed by atoms with Gasteiger partial charge in [-0.2, -0.15) is 13.2 Å². The number of hydrogen-bond acceptors (Lipinski definition) is 3. The number of nitrogens with zero attached hydrogens (tertiary/aromatic N) is 1. The fraction of sp³-hybridized carbons (Fsp3) is 0.611. The molecule has 4 nitrogen and oxygen atoms in total. The zero-order chi connectivity index (χ0) is 18.0. The van der Waals surface area contributed by atoms with Crippen molar-refractivity contribution in [1.82, 2.24) is 10.2 Å². The molecular weight excluding hydrogens is 333 g/mol. The first kappa shape index (κ1) is 18.2. The van der Waals surface area contributed by atoms with E-state index in [1.54, 1.807) is 11.0 Å². The number of carbonyl (C=O) groups is 1. The molecule has 1 amide bonds. The predicted molar refractivity (Wildman–Crippen MR) is 86.7 cm³/mol. The fourth-order valence-corrected chi connectivity index (χ4v) is 3.62. The highest BCUT2D eigenvalue weighted by molar-refractivity contribution is 5.78. The largest absolute Gasteiger partial charge is 0.416 e. The fourth-order valence-electron chi connectivity index (χ4n) is 3.62. The molecule has 1 saturated carbocycles. The Labute approximate surface area is 145 Å². The molecule has 0 spiro atoms. The molecule has 0 radical (unpaired) electrons. The number of rotatable bonds is 5. The van der Waals surface area contributed by atoms with Crippen LogP contribution >= 0.6 is 0 Å². The van der Waals surface area contributed by atoms with Gasteiger partial charge in [-0.15, -0.1) is 0 Å². The van der Waals surface area contributed by atoms with Gasteiger partial charge in [-0.05, 0) is 36.8 Å². The zero-order valence-electron chi connectivity index (χ0n) is 13.9. The SMILES string of the molecule is O=C(CN1C[C@@H](O)C[C@@H]1c1ccccc1C(F)(F)F)NCC1CCC1. The molecular formula is C18H23F3N2O2. The summed E-state index contributed by atoms with van der Waals surface area (Å²) in [4.78, 5) is 13.8. The van der Waals surface area contributed by atoms with Crippen LogP contribution < -0.4 is 5.32 Å². The number of β-amino-alcohol motifs (C(OH)–C–C–N with tert-alkyl or cyclic N) is 1. The molecule has 2 N–H and O–H groups in total. The summed E-state index contributed by atoms with van der Waals surface area (Å²) in [7, 11) is 0. The molecule has 2 aliphatic rings. The van der Waals surface area contributed by atoms with Gasteiger partial charge < -0.3 is 10.4 Å². The lowest BCUT2D eigenvalue weighted by Crippen LogP contribution is -2.40. The van der Waals surface area contributed by atoms with Crippen LogP contribution in [-0.2, 0) is 11.0 Å². The molecule has 1 aliphatic carbocycles. The van der Waals surface area contributed by atoms with Crippen molar-refractivity contribution in [3.8, 4) is 0 Å². The lowest BCUT2D eigenvalue weighted by Gasteiger charge is -2.28. The van der Waals surface area contributed by atoms with Crippen LogP contribution in [0.15, 0.2) is 24.3 Å². The summed E-state index contributed by atoms with van der Waals surface area (Å²) in [6.45, 7) is 0.827. The van der Waals surface area contributed by atoms with Crippen molar-refractivity contribution in [1.29, 1.82) is 0 Å². The van der Waals surface area contributed by atoms with Gasteiger partial charge in [0.05, 0.1) is 18.2 Å². The average molecular weight is 356 g/mol. The average Bonchev–Trinajstić information content (AvgIpc) is 2.85. The Balaban J connectivity index is 1.70. The van der Waals surface area contributed by atoms with Gasteiger partial charge in [0.2, 0.25) is 5.91 Å². The topological polar surface area (TPSA) is 52.6 Å². The molecule has 1 aliphatic heterocycles. The summed E-state index contributed by atoms with van der Waals surface area (Å²) >= 11 is 0. The molecule has 1 aromatic rings. The number of halogens is 3. The first-order chi connectivity index (χ1) is 11.8. The van der Waals surface area contributed by atoms with E-state index < -0.39 is 23.9 Å². The zero-order valence-corrected chi connectivity index (χ0v) is 13.9. The molecule has 1 saturated heterocycles. The lowest BCUT2D eigenvalue weighted by atomic mass is 9.85. The molecule has 1 aromatic carbocycles. The van der Waals surface area contributed by atoms with Gasteiger partial charge in [-0.3, -0.25) is 9.69 Å². The van der Waals surface area contributed by atoms with Crippen molar-refractivity contribution < 1.29 is 23.1 Å². The van der Waals surface area contributed by atoms with Crippen molar-refractivity contribution in [2.24, 2.45) is 5.92 Å². The van der Waals surface area contributed by atoms with Crippen molar-refractivity contribution in [2.75, 3.05) is 19.6 Å². The molecule has 0 aromatic heterocycles. The summed E-state index contributed by atoms with van der Waals surface area (Å²) < 4.78 is 39.8. The highest BCUT2D eigenvalue weighted by atomic mass is 19.4. The predicted octanol–water partition coefficient (Wildman–Crippen LogP) is 2.73. The van der Waals surface area contributed by atoms with Crippen LogP contribution in [0.5, 0.6) is 0 Å². The first-order valence-corrected chi connectivity index (χ1v) is 8.69. The van der Waals surface area contributed by atoms with Crippen LogP contribution in [0.3, 0.4) is 0 Å². The van der Waals surface area contributed by atoms with E-state index in [9.17, 15) is 23.1 Å². The maximum absolute atomic E-state index is 13.3. The maximum Gasteiger partial charge on any atom is 0.416 e. The van der Waals surface area contributed by atoms with E-state index in [1.807, 2.05) is 0 Å².